The van der Waals surface area contributed by atoms with Crippen LogP contribution in [0.1, 0.15) is 18.2 Å². The van der Waals surface area contributed by atoms with E-state index in [9.17, 15) is 4.39 Å². The average Bonchev–Trinajstić information content (AvgIpc) is 3.26. The number of guanidine groups is 1. The molecule has 0 bridgehead atoms. The number of nitrogens with zero attached hydrogens (tertiary/aromatic N) is 2. The van der Waals surface area contributed by atoms with Crippen molar-refractivity contribution in [1.82, 2.24) is 15.6 Å². The van der Waals surface area contributed by atoms with Crippen molar-refractivity contribution in [2.45, 2.75) is 19.9 Å². The van der Waals surface area contributed by atoms with Crippen molar-refractivity contribution < 1.29 is 18.3 Å². The van der Waals surface area contributed by atoms with Gasteiger partial charge in [0, 0.05) is 25.1 Å². The summed E-state index contributed by atoms with van der Waals surface area (Å²) in [5.74, 6) is 2.26. The highest BCUT2D eigenvalue weighted by Gasteiger charge is 2.08. The number of aromatic nitrogens is 1. The molecule has 1 aromatic heterocycles. The molecule has 0 saturated heterocycles. The third kappa shape index (κ3) is 6.21. The van der Waals surface area contributed by atoms with Crippen molar-refractivity contribution in [3.05, 3.63) is 65.8 Å². The average molecular weight is 426 g/mol. The van der Waals surface area contributed by atoms with Gasteiger partial charge >= 0.3 is 0 Å². The zero-order chi connectivity index (χ0) is 22.1. The number of methoxy groups -OCH3 is 2. The number of benzene rings is 2. The van der Waals surface area contributed by atoms with Gasteiger partial charge < -0.3 is 24.5 Å². The molecule has 2 N–H and O–H groups in total. The molecule has 164 valence electrons. The monoisotopic (exact) mass is 426 g/mol. The molecule has 0 saturated carbocycles. The largest absolute Gasteiger partial charge is 0.493 e. The predicted molar refractivity (Wildman–Crippen MR) is 118 cm³/mol. The zero-order valence-electron chi connectivity index (χ0n) is 17.9. The Labute approximate surface area is 181 Å². The first-order chi connectivity index (χ1) is 15.1. The number of aliphatic imine (C=N–C) groups is 1. The quantitative estimate of drug-likeness (QED) is 0.400. The predicted octanol–water partition coefficient (Wildman–Crippen LogP) is 3.80. The Bertz CT molecular complexity index is 1000. The van der Waals surface area contributed by atoms with Crippen LogP contribution in [0.3, 0.4) is 0 Å². The van der Waals surface area contributed by atoms with Gasteiger partial charge in [0.2, 0.25) is 5.89 Å². The molecule has 0 fully saturated rings. The Hall–Kier alpha value is -3.55. The van der Waals surface area contributed by atoms with E-state index >= 15 is 0 Å². The van der Waals surface area contributed by atoms with E-state index in [0.29, 0.717) is 42.9 Å². The van der Waals surface area contributed by atoms with Gasteiger partial charge in [-0.15, -0.1) is 0 Å². The van der Waals surface area contributed by atoms with Crippen molar-refractivity contribution in [1.29, 1.82) is 0 Å². The third-order valence-electron chi connectivity index (χ3n) is 4.53. The summed E-state index contributed by atoms with van der Waals surface area (Å²) in [6.07, 6.45) is 2.28. The number of ether oxygens (including phenoxy) is 2. The molecule has 3 aromatic rings. The minimum atomic E-state index is -0.289. The van der Waals surface area contributed by atoms with E-state index < -0.39 is 0 Å². The Kier molecular flexibility index (Phi) is 7.86. The number of halogens is 1. The molecule has 8 heteroatoms. The molecule has 3 rings (SSSR count). The van der Waals surface area contributed by atoms with E-state index in [1.54, 1.807) is 32.6 Å². The summed E-state index contributed by atoms with van der Waals surface area (Å²) in [5, 5.41) is 6.53. The lowest BCUT2D eigenvalue weighted by Gasteiger charge is -2.11. The number of hydrogen-bond donors (Lipinski definition) is 2. The first kappa shape index (κ1) is 22.1. The van der Waals surface area contributed by atoms with E-state index in [-0.39, 0.29) is 5.82 Å². The van der Waals surface area contributed by atoms with E-state index in [0.717, 1.165) is 23.4 Å². The van der Waals surface area contributed by atoms with Crippen molar-refractivity contribution in [2.24, 2.45) is 4.99 Å². The van der Waals surface area contributed by atoms with E-state index in [2.05, 4.69) is 20.6 Å². The van der Waals surface area contributed by atoms with Crippen LogP contribution in [0.5, 0.6) is 11.5 Å². The Morgan fingerprint density at radius 2 is 1.84 bits per heavy atom. The standard InChI is InChI=1S/C23H27FN4O3/c1-4-25-23(27-14-16-5-10-20(29-2)21(13-16)30-3)26-12-11-19-15-31-22(28-19)17-6-8-18(24)9-7-17/h5-10,13,15H,4,11-12,14H2,1-3H3,(H2,25,26,27). The van der Waals surface area contributed by atoms with Gasteiger partial charge in [0.1, 0.15) is 12.1 Å². The minimum absolute atomic E-state index is 0.289. The summed E-state index contributed by atoms with van der Waals surface area (Å²) in [6, 6.07) is 11.8. The lowest BCUT2D eigenvalue weighted by atomic mass is 10.2. The maximum atomic E-state index is 13.1. The van der Waals surface area contributed by atoms with E-state index in [4.69, 9.17) is 13.9 Å². The maximum absolute atomic E-state index is 13.1. The van der Waals surface area contributed by atoms with Crippen molar-refractivity contribution in [2.75, 3.05) is 27.3 Å². The first-order valence-corrected chi connectivity index (χ1v) is 10.1. The van der Waals surface area contributed by atoms with Gasteiger partial charge in [-0.2, -0.15) is 0 Å². The normalized spacial score (nSPS) is 11.3. The Morgan fingerprint density at radius 1 is 1.06 bits per heavy atom. The number of rotatable bonds is 9. The minimum Gasteiger partial charge on any atom is -0.493 e. The molecule has 0 aliphatic carbocycles. The van der Waals surface area contributed by atoms with Crippen LogP contribution in [-0.2, 0) is 13.0 Å². The van der Waals surface area contributed by atoms with Gasteiger partial charge in [-0.1, -0.05) is 6.07 Å². The molecule has 1 heterocycles. The molecule has 2 aromatic carbocycles. The molecule has 0 spiro atoms. The van der Waals surface area contributed by atoms with Crippen LogP contribution in [0.2, 0.25) is 0 Å². The molecule has 0 radical (unpaired) electrons. The summed E-state index contributed by atoms with van der Waals surface area (Å²) < 4.78 is 29.2. The molecule has 0 aliphatic heterocycles. The number of hydrogen-bond acceptors (Lipinski definition) is 5. The Morgan fingerprint density at radius 3 is 2.55 bits per heavy atom. The highest BCUT2D eigenvalue weighted by molar-refractivity contribution is 5.79. The molecular formula is C23H27FN4O3. The second-order valence-electron chi connectivity index (χ2n) is 6.71. The van der Waals surface area contributed by atoms with Crippen LogP contribution in [-0.4, -0.2) is 38.3 Å². The van der Waals surface area contributed by atoms with Gasteiger partial charge in [-0.3, -0.25) is 0 Å². The second kappa shape index (κ2) is 11.0. The van der Waals surface area contributed by atoms with Gasteiger partial charge in [0.05, 0.1) is 26.5 Å². The van der Waals surface area contributed by atoms with Crippen molar-refractivity contribution >= 4 is 5.96 Å². The van der Waals surface area contributed by atoms with Crippen LogP contribution in [0.15, 0.2) is 58.1 Å². The van der Waals surface area contributed by atoms with Crippen LogP contribution in [0.4, 0.5) is 4.39 Å². The molecule has 0 unspecified atom stereocenters. The number of nitrogens with one attached hydrogen (secondary N) is 2. The lowest BCUT2D eigenvalue weighted by molar-refractivity contribution is 0.354. The van der Waals surface area contributed by atoms with E-state index in [1.807, 2.05) is 25.1 Å². The maximum Gasteiger partial charge on any atom is 0.226 e. The fourth-order valence-corrected chi connectivity index (χ4v) is 2.95. The third-order valence-corrected chi connectivity index (χ3v) is 4.53. The van der Waals surface area contributed by atoms with Crippen molar-refractivity contribution in [3.63, 3.8) is 0 Å². The second-order valence-corrected chi connectivity index (χ2v) is 6.71. The SMILES string of the molecule is CCNC(=NCc1ccc(OC)c(OC)c1)NCCc1coc(-c2ccc(F)cc2)n1. The molecular weight excluding hydrogens is 399 g/mol. The molecule has 0 amide bonds. The summed E-state index contributed by atoms with van der Waals surface area (Å²) >= 11 is 0. The molecule has 31 heavy (non-hydrogen) atoms. The highest BCUT2D eigenvalue weighted by atomic mass is 19.1. The summed E-state index contributed by atoms with van der Waals surface area (Å²) in [5.41, 5.74) is 2.56. The fourth-order valence-electron chi connectivity index (χ4n) is 2.95. The van der Waals surface area contributed by atoms with Crippen LogP contribution in [0.25, 0.3) is 11.5 Å². The summed E-state index contributed by atoms with van der Waals surface area (Å²) in [4.78, 5) is 9.09. The van der Waals surface area contributed by atoms with Gasteiger partial charge in [-0.05, 0) is 48.9 Å². The zero-order valence-corrected chi connectivity index (χ0v) is 17.9. The van der Waals surface area contributed by atoms with Gasteiger partial charge in [-0.25, -0.2) is 14.4 Å². The topological polar surface area (TPSA) is 80.9 Å². The molecule has 0 aliphatic rings. The van der Waals surface area contributed by atoms with Gasteiger partial charge in [0.15, 0.2) is 17.5 Å². The molecule has 0 atom stereocenters. The Balaban J connectivity index is 1.56. The lowest BCUT2D eigenvalue weighted by Crippen LogP contribution is -2.38. The number of oxazole rings is 1. The van der Waals surface area contributed by atoms with Crippen LogP contribution in [0, 0.1) is 5.82 Å². The fraction of sp³-hybridized carbons (Fsp3) is 0.304. The molecule has 7 nitrogen and oxygen atoms in total. The first-order valence-electron chi connectivity index (χ1n) is 10.1. The van der Waals surface area contributed by atoms with Crippen molar-refractivity contribution in [3.8, 4) is 23.0 Å². The van der Waals surface area contributed by atoms with E-state index in [1.165, 1.54) is 12.1 Å². The van der Waals surface area contributed by atoms with Gasteiger partial charge in [0.25, 0.3) is 0 Å². The highest BCUT2D eigenvalue weighted by Crippen LogP contribution is 2.27. The smallest absolute Gasteiger partial charge is 0.226 e. The van der Waals surface area contributed by atoms with Crippen LogP contribution < -0.4 is 20.1 Å². The summed E-state index contributed by atoms with van der Waals surface area (Å²) in [6.45, 7) is 3.89. The van der Waals surface area contributed by atoms with Crippen LogP contribution >= 0.6 is 0 Å². The summed E-state index contributed by atoms with van der Waals surface area (Å²) in [7, 11) is 3.22.